The summed E-state index contributed by atoms with van der Waals surface area (Å²) in [6.45, 7) is 3.31. The second-order valence-electron chi connectivity index (χ2n) is 6.60. The Bertz CT molecular complexity index is 782. The zero-order chi connectivity index (χ0) is 18.0. The van der Waals surface area contributed by atoms with Crippen molar-refractivity contribution in [2.75, 3.05) is 13.1 Å². The topological polar surface area (TPSA) is 94.1 Å². The summed E-state index contributed by atoms with van der Waals surface area (Å²) in [6.07, 6.45) is 6.79. The van der Waals surface area contributed by atoms with Crippen LogP contribution < -0.4 is 5.73 Å². The smallest absolute Gasteiger partial charge is 0.265 e. The molecule has 3 rings (SSSR count). The monoisotopic (exact) mass is 361 g/mol. The molecule has 2 N–H and O–H groups in total. The summed E-state index contributed by atoms with van der Waals surface area (Å²) in [4.78, 5) is 31.1. The van der Waals surface area contributed by atoms with Crippen LogP contribution in [-0.2, 0) is 11.8 Å². The lowest BCUT2D eigenvalue weighted by atomic mass is 9.93. The van der Waals surface area contributed by atoms with Crippen LogP contribution in [0.5, 0.6) is 0 Å². The van der Waals surface area contributed by atoms with Crippen molar-refractivity contribution in [1.29, 1.82) is 0 Å². The standard InChI is InChI=1S/C17H23N5O2S/c1-11-15(25-16(20-11)13-8-19-21(2)10-13)17(24)22-7-3-4-12(9-22)5-6-14(18)23/h8,10,12H,3-7,9H2,1-2H3,(H2,18,23). The molecule has 0 saturated carbocycles. The zero-order valence-corrected chi connectivity index (χ0v) is 15.4. The molecule has 1 atom stereocenters. The molecule has 7 nitrogen and oxygen atoms in total. The van der Waals surface area contributed by atoms with Gasteiger partial charge in [0.2, 0.25) is 5.91 Å². The van der Waals surface area contributed by atoms with Crippen molar-refractivity contribution in [2.24, 2.45) is 18.7 Å². The molecular weight excluding hydrogens is 338 g/mol. The van der Waals surface area contributed by atoms with Crippen LogP contribution in [0.25, 0.3) is 10.6 Å². The highest BCUT2D eigenvalue weighted by molar-refractivity contribution is 7.17. The third kappa shape index (κ3) is 4.07. The van der Waals surface area contributed by atoms with Crippen LogP contribution in [0.3, 0.4) is 0 Å². The molecule has 0 bridgehead atoms. The second kappa shape index (κ2) is 7.35. The maximum absolute atomic E-state index is 12.9. The SMILES string of the molecule is Cc1nc(-c2cnn(C)c2)sc1C(=O)N1CCCC(CCC(N)=O)C1. The molecule has 0 aliphatic carbocycles. The number of aromatic nitrogens is 3. The summed E-state index contributed by atoms with van der Waals surface area (Å²) < 4.78 is 1.72. The number of thiazole rings is 1. The van der Waals surface area contributed by atoms with Gasteiger partial charge in [0.05, 0.1) is 11.9 Å². The maximum atomic E-state index is 12.9. The van der Waals surface area contributed by atoms with E-state index in [1.165, 1.54) is 11.3 Å². The van der Waals surface area contributed by atoms with Gasteiger partial charge in [0.15, 0.2) is 0 Å². The number of aryl methyl sites for hydroxylation is 2. The number of nitrogens with zero attached hydrogens (tertiary/aromatic N) is 4. The number of carbonyl (C=O) groups is 2. The molecule has 2 amide bonds. The number of hydrogen-bond donors (Lipinski definition) is 1. The second-order valence-corrected chi connectivity index (χ2v) is 7.60. The molecule has 1 saturated heterocycles. The summed E-state index contributed by atoms with van der Waals surface area (Å²) in [5, 5.41) is 4.98. The van der Waals surface area contributed by atoms with Crippen molar-refractivity contribution >= 4 is 23.2 Å². The molecule has 0 radical (unpaired) electrons. The van der Waals surface area contributed by atoms with Gasteiger partial charge >= 0.3 is 0 Å². The predicted octanol–water partition coefficient (Wildman–Crippen LogP) is 1.97. The van der Waals surface area contributed by atoms with E-state index in [-0.39, 0.29) is 11.8 Å². The number of likely N-dealkylation sites (tertiary alicyclic amines) is 1. The summed E-state index contributed by atoms with van der Waals surface area (Å²) in [5.74, 6) is 0.105. The van der Waals surface area contributed by atoms with Crippen molar-refractivity contribution in [1.82, 2.24) is 19.7 Å². The fourth-order valence-electron chi connectivity index (χ4n) is 3.23. The Morgan fingerprint density at radius 3 is 2.92 bits per heavy atom. The molecule has 2 aromatic rings. The first-order valence-corrected chi connectivity index (χ1v) is 9.29. The lowest BCUT2D eigenvalue weighted by molar-refractivity contribution is -0.118. The Labute approximate surface area is 150 Å². The highest BCUT2D eigenvalue weighted by Gasteiger charge is 2.27. The Kier molecular flexibility index (Phi) is 5.17. The molecule has 1 aliphatic heterocycles. The van der Waals surface area contributed by atoms with Crippen LogP contribution in [-0.4, -0.2) is 44.6 Å². The van der Waals surface area contributed by atoms with Gasteiger partial charge in [-0.05, 0) is 32.1 Å². The number of carbonyl (C=O) groups excluding carboxylic acids is 2. The number of primary amides is 1. The normalized spacial score (nSPS) is 17.7. The summed E-state index contributed by atoms with van der Waals surface area (Å²) in [5.41, 5.74) is 6.92. The van der Waals surface area contributed by atoms with E-state index in [2.05, 4.69) is 10.1 Å². The van der Waals surface area contributed by atoms with E-state index in [0.717, 1.165) is 42.1 Å². The Morgan fingerprint density at radius 1 is 1.44 bits per heavy atom. The van der Waals surface area contributed by atoms with Gasteiger partial charge in [0.1, 0.15) is 9.88 Å². The zero-order valence-electron chi connectivity index (χ0n) is 14.6. The minimum atomic E-state index is -0.275. The van der Waals surface area contributed by atoms with Gasteiger partial charge in [0, 0.05) is 38.3 Å². The molecule has 1 unspecified atom stereocenters. The van der Waals surface area contributed by atoms with Crippen molar-refractivity contribution in [3.05, 3.63) is 23.0 Å². The molecule has 134 valence electrons. The third-order valence-electron chi connectivity index (χ3n) is 4.55. The van der Waals surface area contributed by atoms with Gasteiger partial charge in [0.25, 0.3) is 5.91 Å². The molecule has 3 heterocycles. The maximum Gasteiger partial charge on any atom is 0.265 e. The lowest BCUT2D eigenvalue weighted by Gasteiger charge is -2.32. The van der Waals surface area contributed by atoms with Crippen LogP contribution in [0.15, 0.2) is 12.4 Å². The van der Waals surface area contributed by atoms with Crippen LogP contribution in [0, 0.1) is 12.8 Å². The van der Waals surface area contributed by atoms with Crippen molar-refractivity contribution in [2.45, 2.75) is 32.6 Å². The number of nitrogens with two attached hydrogens (primary N) is 1. The first kappa shape index (κ1) is 17.6. The van der Waals surface area contributed by atoms with Crippen LogP contribution >= 0.6 is 11.3 Å². The lowest BCUT2D eigenvalue weighted by Crippen LogP contribution is -2.40. The van der Waals surface area contributed by atoms with E-state index < -0.39 is 0 Å². The van der Waals surface area contributed by atoms with Crippen molar-refractivity contribution in [3.63, 3.8) is 0 Å². The van der Waals surface area contributed by atoms with Gasteiger partial charge in [-0.25, -0.2) is 4.98 Å². The van der Waals surface area contributed by atoms with Crippen molar-refractivity contribution in [3.8, 4) is 10.6 Å². The van der Waals surface area contributed by atoms with Gasteiger partial charge in [-0.3, -0.25) is 14.3 Å². The van der Waals surface area contributed by atoms with Gasteiger partial charge in [-0.15, -0.1) is 11.3 Å². The summed E-state index contributed by atoms with van der Waals surface area (Å²) in [7, 11) is 1.86. The highest BCUT2D eigenvalue weighted by atomic mass is 32.1. The van der Waals surface area contributed by atoms with Crippen LogP contribution in [0.1, 0.15) is 41.0 Å². The van der Waals surface area contributed by atoms with Gasteiger partial charge in [-0.1, -0.05) is 0 Å². The third-order valence-corrected chi connectivity index (χ3v) is 5.74. The molecule has 0 spiro atoms. The number of hydrogen-bond acceptors (Lipinski definition) is 5. The van der Waals surface area contributed by atoms with Gasteiger partial charge < -0.3 is 10.6 Å². The van der Waals surface area contributed by atoms with E-state index in [9.17, 15) is 9.59 Å². The van der Waals surface area contributed by atoms with Gasteiger partial charge in [-0.2, -0.15) is 5.10 Å². The fourth-order valence-corrected chi connectivity index (χ4v) is 4.23. The largest absolute Gasteiger partial charge is 0.370 e. The van der Waals surface area contributed by atoms with E-state index >= 15 is 0 Å². The van der Waals surface area contributed by atoms with Crippen LogP contribution in [0.2, 0.25) is 0 Å². The fraction of sp³-hybridized carbons (Fsp3) is 0.529. The number of amides is 2. The molecule has 25 heavy (non-hydrogen) atoms. The van der Waals surface area contributed by atoms with E-state index in [1.54, 1.807) is 10.9 Å². The molecule has 8 heteroatoms. The molecule has 0 aromatic carbocycles. The molecular formula is C17H23N5O2S. The van der Waals surface area contributed by atoms with Crippen LogP contribution in [0.4, 0.5) is 0 Å². The first-order valence-electron chi connectivity index (χ1n) is 8.48. The minimum Gasteiger partial charge on any atom is -0.370 e. The highest BCUT2D eigenvalue weighted by Crippen LogP contribution is 2.30. The molecule has 1 fully saturated rings. The van der Waals surface area contributed by atoms with E-state index in [1.807, 2.05) is 25.1 Å². The number of piperidine rings is 1. The first-order chi connectivity index (χ1) is 11.9. The minimum absolute atomic E-state index is 0.0360. The number of rotatable bonds is 5. The Hall–Kier alpha value is -2.22. The van der Waals surface area contributed by atoms with E-state index in [4.69, 9.17) is 5.73 Å². The predicted molar refractivity (Wildman–Crippen MR) is 96.1 cm³/mol. The quantitative estimate of drug-likeness (QED) is 0.881. The Balaban J connectivity index is 1.72. The van der Waals surface area contributed by atoms with Crippen molar-refractivity contribution < 1.29 is 9.59 Å². The summed E-state index contributed by atoms with van der Waals surface area (Å²) in [6, 6.07) is 0. The average molecular weight is 361 g/mol. The molecule has 2 aromatic heterocycles. The summed E-state index contributed by atoms with van der Waals surface area (Å²) >= 11 is 1.42. The van der Waals surface area contributed by atoms with E-state index in [0.29, 0.717) is 23.8 Å². The molecule has 1 aliphatic rings. The average Bonchev–Trinajstić information content (AvgIpc) is 3.18. The Morgan fingerprint density at radius 2 is 2.24 bits per heavy atom.